The third-order valence-electron chi connectivity index (χ3n) is 3.25. The van der Waals surface area contributed by atoms with Crippen LogP contribution in [0.4, 0.5) is 0 Å². The number of aromatic nitrogens is 4. The van der Waals surface area contributed by atoms with Crippen LogP contribution < -0.4 is 5.32 Å². The summed E-state index contributed by atoms with van der Waals surface area (Å²) in [5, 5.41) is 13.1. The topological polar surface area (TPSA) is 89.9 Å². The molecule has 0 aromatic carbocycles. The number of thiophene rings is 1. The van der Waals surface area contributed by atoms with Crippen molar-refractivity contribution in [1.29, 1.82) is 0 Å². The second-order valence-corrected chi connectivity index (χ2v) is 5.93. The molecule has 0 saturated carbocycles. The van der Waals surface area contributed by atoms with Gasteiger partial charge in [-0.1, -0.05) is 16.4 Å². The van der Waals surface area contributed by atoms with E-state index in [0.717, 1.165) is 11.3 Å². The predicted molar refractivity (Wildman–Crippen MR) is 88.8 cm³/mol. The normalized spacial score (nSPS) is 12.1. The molecule has 0 radical (unpaired) electrons. The summed E-state index contributed by atoms with van der Waals surface area (Å²) in [7, 11) is 1.91. The van der Waals surface area contributed by atoms with Crippen molar-refractivity contribution in [2.75, 3.05) is 7.05 Å². The lowest BCUT2D eigenvalue weighted by Gasteiger charge is -2.04. The Morgan fingerprint density at radius 3 is 2.61 bits per heavy atom. The molecule has 1 N–H and O–H groups in total. The molecule has 0 bridgehead atoms. The summed E-state index contributed by atoms with van der Waals surface area (Å²) < 4.78 is 10.5. The molecule has 9 heteroatoms. The molecule has 1 atom stereocenters. The molecule has 7 nitrogen and oxygen atoms in total. The van der Waals surface area contributed by atoms with Crippen molar-refractivity contribution in [2.45, 2.75) is 32.2 Å². The second-order valence-electron chi connectivity index (χ2n) is 4.99. The first-order chi connectivity index (χ1) is 10.7. The lowest BCUT2D eigenvalue weighted by molar-refractivity contribution is 0.351. The number of aryl methyl sites for hydroxylation is 2. The fourth-order valence-corrected chi connectivity index (χ4v) is 2.58. The monoisotopic (exact) mass is 355 g/mol. The van der Waals surface area contributed by atoms with Gasteiger partial charge in [-0.2, -0.15) is 9.97 Å². The van der Waals surface area contributed by atoms with E-state index in [-0.39, 0.29) is 12.4 Å². The van der Waals surface area contributed by atoms with E-state index in [1.54, 1.807) is 11.3 Å². The van der Waals surface area contributed by atoms with Crippen molar-refractivity contribution in [3.63, 3.8) is 0 Å². The van der Waals surface area contributed by atoms with Crippen LogP contribution in [0, 0.1) is 0 Å². The Balaban J connectivity index is 0.00000192. The molecule has 0 aliphatic carbocycles. The van der Waals surface area contributed by atoms with E-state index in [2.05, 4.69) is 32.5 Å². The SMILES string of the molecule is CNC(C)Cc1noc(CCc2nc(-c3cccs3)no2)n1.Cl. The first-order valence-electron chi connectivity index (χ1n) is 7.10. The maximum atomic E-state index is 5.24. The molecule has 0 aliphatic rings. The molecule has 3 aromatic heterocycles. The van der Waals surface area contributed by atoms with Gasteiger partial charge >= 0.3 is 0 Å². The smallest absolute Gasteiger partial charge is 0.227 e. The quantitative estimate of drug-likeness (QED) is 0.696. The van der Waals surface area contributed by atoms with E-state index in [1.165, 1.54) is 0 Å². The van der Waals surface area contributed by atoms with Gasteiger partial charge < -0.3 is 14.4 Å². The largest absolute Gasteiger partial charge is 0.339 e. The number of rotatable bonds is 7. The van der Waals surface area contributed by atoms with Crippen molar-refractivity contribution in [3.05, 3.63) is 35.1 Å². The highest BCUT2D eigenvalue weighted by Gasteiger charge is 2.13. The zero-order valence-electron chi connectivity index (χ0n) is 12.9. The standard InChI is InChI=1S/C14H17N5O2S.ClH/c1-9(15-2)8-11-16-12(20-18-11)5-6-13-17-14(19-21-13)10-4-3-7-22-10;/h3-4,7,9,15H,5-6,8H2,1-2H3;1H. The average molecular weight is 356 g/mol. The van der Waals surface area contributed by atoms with Gasteiger partial charge in [-0.25, -0.2) is 0 Å². The summed E-state index contributed by atoms with van der Waals surface area (Å²) in [6.45, 7) is 2.07. The second kappa shape index (κ2) is 8.19. The highest BCUT2D eigenvalue weighted by molar-refractivity contribution is 7.13. The van der Waals surface area contributed by atoms with Crippen LogP contribution >= 0.6 is 23.7 Å². The van der Waals surface area contributed by atoms with Gasteiger partial charge in [0.05, 0.1) is 4.88 Å². The molecule has 0 amide bonds. The minimum Gasteiger partial charge on any atom is -0.339 e. The minimum atomic E-state index is 0. The molecule has 0 saturated heterocycles. The van der Waals surface area contributed by atoms with Crippen LogP contribution in [0.15, 0.2) is 26.6 Å². The number of likely N-dealkylation sites (N-methyl/N-ethyl adjacent to an activating group) is 1. The molecule has 23 heavy (non-hydrogen) atoms. The number of hydrogen-bond donors (Lipinski definition) is 1. The fourth-order valence-electron chi connectivity index (χ4n) is 1.93. The number of nitrogens with zero attached hydrogens (tertiary/aromatic N) is 4. The van der Waals surface area contributed by atoms with Crippen molar-refractivity contribution in [1.82, 2.24) is 25.6 Å². The van der Waals surface area contributed by atoms with Crippen LogP contribution in [0.1, 0.15) is 24.5 Å². The molecular formula is C14H18ClN5O2S. The third-order valence-corrected chi connectivity index (χ3v) is 4.12. The molecule has 3 aromatic rings. The van der Waals surface area contributed by atoms with Crippen LogP contribution in [-0.4, -0.2) is 33.4 Å². The Bertz CT molecular complexity index is 712. The van der Waals surface area contributed by atoms with Crippen molar-refractivity contribution in [3.8, 4) is 10.7 Å². The van der Waals surface area contributed by atoms with Gasteiger partial charge in [0.15, 0.2) is 5.82 Å². The van der Waals surface area contributed by atoms with Crippen molar-refractivity contribution >= 4 is 23.7 Å². The van der Waals surface area contributed by atoms with Gasteiger partial charge in [0.2, 0.25) is 17.6 Å². The summed E-state index contributed by atoms with van der Waals surface area (Å²) in [6, 6.07) is 4.24. The van der Waals surface area contributed by atoms with Crippen LogP contribution in [-0.2, 0) is 19.3 Å². The number of hydrogen-bond acceptors (Lipinski definition) is 8. The summed E-state index contributed by atoms with van der Waals surface area (Å²) >= 11 is 1.58. The van der Waals surface area contributed by atoms with Gasteiger partial charge in [0, 0.05) is 25.3 Å². The van der Waals surface area contributed by atoms with Gasteiger partial charge in [-0.15, -0.1) is 23.7 Å². The fraction of sp³-hybridized carbons (Fsp3) is 0.429. The zero-order valence-corrected chi connectivity index (χ0v) is 14.5. The summed E-state index contributed by atoms with van der Waals surface area (Å²) in [6.07, 6.45) is 1.91. The Hall–Kier alpha value is -1.77. The molecule has 1 unspecified atom stereocenters. The number of nitrogens with one attached hydrogen (secondary N) is 1. The Morgan fingerprint density at radius 1 is 1.17 bits per heavy atom. The Labute approximate surface area is 143 Å². The van der Waals surface area contributed by atoms with Crippen molar-refractivity contribution < 1.29 is 9.05 Å². The zero-order chi connectivity index (χ0) is 15.4. The van der Waals surface area contributed by atoms with E-state index >= 15 is 0 Å². The molecule has 3 rings (SSSR count). The first kappa shape index (κ1) is 17.6. The van der Waals surface area contributed by atoms with E-state index in [0.29, 0.717) is 42.3 Å². The summed E-state index contributed by atoms with van der Waals surface area (Å²) in [4.78, 5) is 9.73. The van der Waals surface area contributed by atoms with Gasteiger partial charge in [-0.3, -0.25) is 0 Å². The van der Waals surface area contributed by atoms with Crippen molar-refractivity contribution in [2.24, 2.45) is 0 Å². The van der Waals surface area contributed by atoms with Crippen LogP contribution in [0.3, 0.4) is 0 Å². The highest BCUT2D eigenvalue weighted by atomic mass is 35.5. The molecular weight excluding hydrogens is 338 g/mol. The van der Waals surface area contributed by atoms with Gasteiger partial charge in [-0.05, 0) is 25.4 Å². The Kier molecular flexibility index (Phi) is 6.26. The molecule has 0 fully saturated rings. The minimum absolute atomic E-state index is 0. The lowest BCUT2D eigenvalue weighted by atomic mass is 10.2. The molecule has 124 valence electrons. The number of halogens is 1. The highest BCUT2D eigenvalue weighted by Crippen LogP contribution is 2.21. The van der Waals surface area contributed by atoms with E-state index in [1.807, 2.05) is 24.6 Å². The van der Waals surface area contributed by atoms with E-state index in [4.69, 9.17) is 9.05 Å². The maximum Gasteiger partial charge on any atom is 0.227 e. The predicted octanol–water partition coefficient (Wildman–Crippen LogP) is 2.54. The van der Waals surface area contributed by atoms with Crippen LogP contribution in [0.2, 0.25) is 0 Å². The average Bonchev–Trinajstić information content (AvgIpc) is 3.26. The van der Waals surface area contributed by atoms with Gasteiger partial charge in [0.1, 0.15) is 0 Å². The Morgan fingerprint density at radius 2 is 1.91 bits per heavy atom. The summed E-state index contributed by atoms with van der Waals surface area (Å²) in [5.41, 5.74) is 0. The molecule has 0 spiro atoms. The first-order valence-corrected chi connectivity index (χ1v) is 7.97. The molecule has 3 heterocycles. The molecule has 0 aliphatic heterocycles. The van der Waals surface area contributed by atoms with Gasteiger partial charge in [0.25, 0.3) is 0 Å². The van der Waals surface area contributed by atoms with E-state index in [9.17, 15) is 0 Å². The van der Waals surface area contributed by atoms with Crippen LogP contribution in [0.25, 0.3) is 10.7 Å². The van der Waals surface area contributed by atoms with Crippen LogP contribution in [0.5, 0.6) is 0 Å². The van der Waals surface area contributed by atoms with E-state index < -0.39 is 0 Å². The maximum absolute atomic E-state index is 5.24. The lowest BCUT2D eigenvalue weighted by Crippen LogP contribution is -2.24. The third kappa shape index (κ3) is 4.60. The summed E-state index contributed by atoms with van der Waals surface area (Å²) in [5.74, 6) is 2.50.